The lowest BCUT2D eigenvalue weighted by atomic mass is 10.1. The molecule has 0 fully saturated rings. The first-order chi connectivity index (χ1) is 10.5. The molecular formula is C15H22N4O2S. The van der Waals surface area contributed by atoms with E-state index in [-0.39, 0.29) is 11.8 Å². The molecule has 0 radical (unpaired) electrons. The summed E-state index contributed by atoms with van der Waals surface area (Å²) in [5.41, 5.74) is 1.78. The van der Waals surface area contributed by atoms with Crippen LogP contribution in [0.5, 0.6) is 0 Å². The summed E-state index contributed by atoms with van der Waals surface area (Å²) in [6.07, 6.45) is 3.48. The van der Waals surface area contributed by atoms with Crippen LogP contribution in [0.2, 0.25) is 0 Å². The van der Waals surface area contributed by atoms with Crippen molar-refractivity contribution in [2.45, 2.75) is 38.7 Å². The zero-order valence-corrected chi connectivity index (χ0v) is 13.7. The number of rotatable bonds is 8. The number of nitrogens with zero attached hydrogens (tertiary/aromatic N) is 1. The molecule has 2 rings (SSSR count). The van der Waals surface area contributed by atoms with Gasteiger partial charge in [0.2, 0.25) is 10.0 Å². The molecular weight excluding hydrogens is 300 g/mol. The number of sulfonamides is 1. The van der Waals surface area contributed by atoms with E-state index in [9.17, 15) is 8.42 Å². The van der Waals surface area contributed by atoms with Crippen LogP contribution in [0.15, 0.2) is 36.7 Å². The van der Waals surface area contributed by atoms with E-state index < -0.39 is 10.0 Å². The monoisotopic (exact) mass is 322 g/mol. The summed E-state index contributed by atoms with van der Waals surface area (Å²) >= 11 is 0. The summed E-state index contributed by atoms with van der Waals surface area (Å²) in [5, 5.41) is 3.26. The molecule has 1 aromatic carbocycles. The van der Waals surface area contributed by atoms with E-state index in [4.69, 9.17) is 0 Å². The normalized spacial score (nSPS) is 12.0. The van der Waals surface area contributed by atoms with Crippen LogP contribution in [0.1, 0.15) is 30.8 Å². The fraction of sp³-hybridized carbons (Fsp3) is 0.400. The highest BCUT2D eigenvalue weighted by Gasteiger charge is 2.15. The van der Waals surface area contributed by atoms with Gasteiger partial charge in [0.05, 0.1) is 12.3 Å². The number of nitrogens with one attached hydrogen (secondary N) is 3. The Morgan fingerprint density at radius 2 is 1.91 bits per heavy atom. The van der Waals surface area contributed by atoms with Gasteiger partial charge in [-0.25, -0.2) is 18.1 Å². The molecule has 0 aliphatic rings. The van der Waals surface area contributed by atoms with E-state index in [0.717, 1.165) is 17.0 Å². The van der Waals surface area contributed by atoms with Gasteiger partial charge in [-0.05, 0) is 25.0 Å². The molecule has 0 unspecified atom stereocenters. The van der Waals surface area contributed by atoms with Gasteiger partial charge in [-0.2, -0.15) is 0 Å². The third kappa shape index (κ3) is 5.25. The van der Waals surface area contributed by atoms with Gasteiger partial charge in [-0.1, -0.05) is 24.3 Å². The largest absolute Gasteiger partial charge is 0.348 e. The molecule has 0 bridgehead atoms. The highest BCUT2D eigenvalue weighted by Crippen LogP contribution is 2.12. The van der Waals surface area contributed by atoms with Crippen molar-refractivity contribution in [2.75, 3.05) is 0 Å². The number of aromatic amines is 1. The molecule has 0 spiro atoms. The predicted octanol–water partition coefficient (Wildman–Crippen LogP) is 1.53. The molecule has 0 amide bonds. The zero-order chi connectivity index (χ0) is 16.0. The van der Waals surface area contributed by atoms with Crippen molar-refractivity contribution in [2.24, 2.45) is 0 Å². The Labute approximate surface area is 131 Å². The van der Waals surface area contributed by atoms with Crippen molar-refractivity contribution in [3.05, 3.63) is 53.6 Å². The van der Waals surface area contributed by atoms with Crippen LogP contribution in [-0.4, -0.2) is 24.4 Å². The SMILES string of the molecule is CC(C)NS(=O)(=O)Cc1ccccc1CNCc1ncc[nH]1. The van der Waals surface area contributed by atoms with E-state index in [1.54, 1.807) is 12.4 Å². The minimum absolute atomic E-state index is 0.0101. The maximum atomic E-state index is 12.1. The first-order valence-electron chi connectivity index (χ1n) is 7.22. The minimum Gasteiger partial charge on any atom is -0.348 e. The maximum Gasteiger partial charge on any atom is 0.216 e. The van der Waals surface area contributed by atoms with Crippen LogP contribution < -0.4 is 10.0 Å². The first-order valence-corrected chi connectivity index (χ1v) is 8.87. The van der Waals surface area contributed by atoms with E-state index >= 15 is 0 Å². The fourth-order valence-corrected chi connectivity index (χ4v) is 3.68. The van der Waals surface area contributed by atoms with Crippen LogP contribution >= 0.6 is 0 Å². The van der Waals surface area contributed by atoms with Gasteiger partial charge >= 0.3 is 0 Å². The van der Waals surface area contributed by atoms with Crippen LogP contribution in [-0.2, 0) is 28.9 Å². The number of benzene rings is 1. The van der Waals surface area contributed by atoms with Gasteiger partial charge in [0.1, 0.15) is 5.82 Å². The Bertz CT molecular complexity index is 681. The molecule has 0 saturated carbocycles. The van der Waals surface area contributed by atoms with Crippen LogP contribution in [0.3, 0.4) is 0 Å². The van der Waals surface area contributed by atoms with E-state index in [1.165, 1.54) is 0 Å². The molecule has 1 heterocycles. The third-order valence-corrected chi connectivity index (χ3v) is 4.56. The molecule has 120 valence electrons. The smallest absolute Gasteiger partial charge is 0.216 e. The molecule has 1 aromatic heterocycles. The second-order valence-corrected chi connectivity index (χ2v) is 7.19. The number of imidazole rings is 1. The lowest BCUT2D eigenvalue weighted by Gasteiger charge is -2.13. The fourth-order valence-electron chi connectivity index (χ4n) is 2.19. The Morgan fingerprint density at radius 1 is 1.18 bits per heavy atom. The Kier molecular flexibility index (Phi) is 5.70. The molecule has 0 atom stereocenters. The Balaban J connectivity index is 2.00. The van der Waals surface area contributed by atoms with Gasteiger partial charge in [-0.3, -0.25) is 0 Å². The number of aromatic nitrogens is 2. The molecule has 7 heteroatoms. The Morgan fingerprint density at radius 3 is 2.55 bits per heavy atom. The summed E-state index contributed by atoms with van der Waals surface area (Å²) in [5.74, 6) is 0.843. The summed E-state index contributed by atoms with van der Waals surface area (Å²) in [6.45, 7) is 4.83. The van der Waals surface area contributed by atoms with Crippen molar-refractivity contribution < 1.29 is 8.42 Å². The lowest BCUT2D eigenvalue weighted by molar-refractivity contribution is 0.568. The first kappa shape index (κ1) is 16.7. The molecule has 6 nitrogen and oxygen atoms in total. The van der Waals surface area contributed by atoms with E-state index in [1.807, 2.05) is 38.1 Å². The Hall–Kier alpha value is -1.70. The van der Waals surface area contributed by atoms with Gasteiger partial charge in [0.25, 0.3) is 0 Å². The van der Waals surface area contributed by atoms with Gasteiger partial charge < -0.3 is 10.3 Å². The standard InChI is InChI=1S/C15H22N4O2S/c1-12(2)19-22(20,21)11-14-6-4-3-5-13(14)9-16-10-15-17-7-8-18-15/h3-8,12,16,19H,9-11H2,1-2H3,(H,17,18). The van der Waals surface area contributed by atoms with Crippen LogP contribution in [0, 0.1) is 0 Å². The summed E-state index contributed by atoms with van der Waals surface area (Å²) < 4.78 is 26.8. The van der Waals surface area contributed by atoms with E-state index in [2.05, 4.69) is 20.0 Å². The second-order valence-electron chi connectivity index (χ2n) is 5.44. The molecule has 0 saturated heterocycles. The van der Waals surface area contributed by atoms with Gasteiger partial charge in [0.15, 0.2) is 0 Å². The third-order valence-electron chi connectivity index (χ3n) is 3.04. The number of hydrogen-bond acceptors (Lipinski definition) is 4. The summed E-state index contributed by atoms with van der Waals surface area (Å²) in [6, 6.07) is 7.46. The van der Waals surface area contributed by atoms with Crippen molar-refractivity contribution in [1.29, 1.82) is 0 Å². The number of hydrogen-bond donors (Lipinski definition) is 3. The average molecular weight is 322 g/mol. The van der Waals surface area contributed by atoms with Crippen molar-refractivity contribution in [1.82, 2.24) is 20.0 Å². The topological polar surface area (TPSA) is 86.9 Å². The summed E-state index contributed by atoms with van der Waals surface area (Å²) in [4.78, 5) is 7.16. The molecule has 0 aliphatic heterocycles. The van der Waals surface area contributed by atoms with Crippen LogP contribution in [0.4, 0.5) is 0 Å². The minimum atomic E-state index is -3.32. The molecule has 3 N–H and O–H groups in total. The molecule has 22 heavy (non-hydrogen) atoms. The van der Waals surface area contributed by atoms with Gasteiger partial charge in [0, 0.05) is 25.0 Å². The van der Waals surface area contributed by atoms with Gasteiger partial charge in [-0.15, -0.1) is 0 Å². The molecule has 2 aromatic rings. The quantitative estimate of drug-likeness (QED) is 0.688. The van der Waals surface area contributed by atoms with Crippen molar-refractivity contribution in [3.63, 3.8) is 0 Å². The average Bonchev–Trinajstić information content (AvgIpc) is 2.92. The second kappa shape index (κ2) is 7.53. The van der Waals surface area contributed by atoms with Crippen molar-refractivity contribution in [3.8, 4) is 0 Å². The van der Waals surface area contributed by atoms with E-state index in [0.29, 0.717) is 13.1 Å². The summed E-state index contributed by atoms with van der Waals surface area (Å²) in [7, 11) is -3.32. The highest BCUT2D eigenvalue weighted by atomic mass is 32.2. The molecule has 0 aliphatic carbocycles. The lowest BCUT2D eigenvalue weighted by Crippen LogP contribution is -2.31. The number of H-pyrrole nitrogens is 1. The maximum absolute atomic E-state index is 12.1. The highest BCUT2D eigenvalue weighted by molar-refractivity contribution is 7.88. The zero-order valence-electron chi connectivity index (χ0n) is 12.8. The van der Waals surface area contributed by atoms with Crippen LogP contribution in [0.25, 0.3) is 0 Å². The predicted molar refractivity (Wildman–Crippen MR) is 86.5 cm³/mol. The van der Waals surface area contributed by atoms with Crippen molar-refractivity contribution >= 4 is 10.0 Å².